The normalized spacial score (nSPS) is 16.8. The molecule has 0 aromatic carbocycles. The van der Waals surface area contributed by atoms with Crippen molar-refractivity contribution < 1.29 is 9.53 Å². The van der Waals surface area contributed by atoms with Gasteiger partial charge >= 0.3 is 0 Å². The first kappa shape index (κ1) is 24.6. The number of fused-ring (bicyclic) bond motifs is 1. The number of aromatic nitrogens is 5. The number of ether oxygens (including phenoxy) is 1. The number of carbonyl (C=O) groups excluding carboxylic acids is 1. The SMILES string of the molecule is Cc1c(-c2cncc(C(=O)N3CCN(C)CC3)c2)sc2c(N3CCOCC3)nc(-c3cnc(N)nc3)nc12. The van der Waals surface area contributed by atoms with Gasteiger partial charge in [0.2, 0.25) is 5.95 Å². The highest BCUT2D eigenvalue weighted by molar-refractivity contribution is 7.23. The lowest BCUT2D eigenvalue weighted by molar-refractivity contribution is 0.0663. The Hall–Kier alpha value is -3.74. The van der Waals surface area contributed by atoms with Crippen molar-refractivity contribution in [1.82, 2.24) is 34.7 Å². The second-order valence-electron chi connectivity index (χ2n) is 9.59. The van der Waals surface area contributed by atoms with Crippen LogP contribution in [0.4, 0.5) is 11.8 Å². The minimum absolute atomic E-state index is 0.0191. The van der Waals surface area contributed by atoms with Crippen LogP contribution in [0, 0.1) is 6.92 Å². The Balaban J connectivity index is 1.43. The third kappa shape index (κ3) is 4.66. The number of morpholine rings is 1. The van der Waals surface area contributed by atoms with E-state index >= 15 is 0 Å². The van der Waals surface area contributed by atoms with Crippen molar-refractivity contribution in [3.8, 4) is 21.8 Å². The fraction of sp³-hybridized carbons (Fsp3) is 0.385. The average molecular weight is 532 g/mol. The highest BCUT2D eigenvalue weighted by Crippen LogP contribution is 2.42. The molecule has 6 heterocycles. The lowest BCUT2D eigenvalue weighted by atomic mass is 10.1. The van der Waals surface area contributed by atoms with Gasteiger partial charge in [0.1, 0.15) is 0 Å². The van der Waals surface area contributed by atoms with Gasteiger partial charge in [-0.3, -0.25) is 9.78 Å². The van der Waals surface area contributed by atoms with Crippen molar-refractivity contribution in [1.29, 1.82) is 0 Å². The summed E-state index contributed by atoms with van der Waals surface area (Å²) in [5.74, 6) is 1.63. The van der Waals surface area contributed by atoms with E-state index in [0.29, 0.717) is 30.2 Å². The summed E-state index contributed by atoms with van der Waals surface area (Å²) in [7, 11) is 2.08. The third-order valence-electron chi connectivity index (χ3n) is 7.03. The van der Waals surface area contributed by atoms with E-state index in [9.17, 15) is 4.79 Å². The van der Waals surface area contributed by atoms with Crippen LogP contribution in [-0.2, 0) is 4.74 Å². The number of rotatable bonds is 4. The molecule has 0 bridgehead atoms. The van der Waals surface area contributed by atoms with Gasteiger partial charge in [0.15, 0.2) is 11.6 Å². The number of hydrogen-bond donors (Lipinski definition) is 1. The molecule has 12 heteroatoms. The van der Waals surface area contributed by atoms with Gasteiger partial charge in [-0.1, -0.05) is 0 Å². The van der Waals surface area contributed by atoms with E-state index in [1.807, 2.05) is 17.2 Å². The van der Waals surface area contributed by atoms with Crippen molar-refractivity contribution >= 4 is 39.2 Å². The van der Waals surface area contributed by atoms with E-state index in [1.165, 1.54) is 0 Å². The van der Waals surface area contributed by atoms with Gasteiger partial charge in [0.05, 0.1) is 34.6 Å². The van der Waals surface area contributed by atoms with Gasteiger partial charge in [-0.25, -0.2) is 19.9 Å². The zero-order chi connectivity index (χ0) is 26.2. The number of amides is 1. The minimum Gasteiger partial charge on any atom is -0.378 e. The van der Waals surface area contributed by atoms with E-state index in [0.717, 1.165) is 71.3 Å². The van der Waals surface area contributed by atoms with Crippen molar-refractivity contribution in [3.63, 3.8) is 0 Å². The van der Waals surface area contributed by atoms with Gasteiger partial charge in [-0.2, -0.15) is 0 Å². The molecule has 0 radical (unpaired) electrons. The molecule has 0 aliphatic carbocycles. The molecule has 0 unspecified atom stereocenters. The number of anilines is 2. The fourth-order valence-electron chi connectivity index (χ4n) is 4.79. The van der Waals surface area contributed by atoms with Gasteiger partial charge < -0.3 is 25.2 Å². The number of nitrogens with two attached hydrogens (primary N) is 1. The number of aryl methyl sites for hydroxylation is 1. The van der Waals surface area contributed by atoms with Crippen LogP contribution >= 0.6 is 11.3 Å². The standard InChI is InChI=1S/C26H29N9O2S/c1-16-20-22(24(34-7-9-37-10-8-34)32-23(31-20)19-14-29-26(27)30-15-19)38-21(16)17-11-18(13-28-12-17)25(36)35-5-3-33(2)4-6-35/h11-15H,3-10H2,1-2H3,(H2,27,29,30). The van der Waals surface area contributed by atoms with E-state index in [-0.39, 0.29) is 11.9 Å². The smallest absolute Gasteiger partial charge is 0.255 e. The highest BCUT2D eigenvalue weighted by atomic mass is 32.1. The Bertz CT molecular complexity index is 1480. The molecule has 11 nitrogen and oxygen atoms in total. The number of thiophene rings is 1. The molecule has 0 spiro atoms. The molecule has 0 saturated carbocycles. The Morgan fingerprint density at radius 2 is 1.71 bits per heavy atom. The first-order valence-electron chi connectivity index (χ1n) is 12.6. The fourth-order valence-corrected chi connectivity index (χ4v) is 6.04. The molecule has 196 valence electrons. The van der Waals surface area contributed by atoms with Crippen LogP contribution < -0.4 is 10.6 Å². The highest BCUT2D eigenvalue weighted by Gasteiger charge is 2.25. The third-order valence-corrected chi connectivity index (χ3v) is 8.35. The van der Waals surface area contributed by atoms with Gasteiger partial charge in [-0.05, 0) is 25.6 Å². The summed E-state index contributed by atoms with van der Waals surface area (Å²) < 4.78 is 6.58. The molecular weight excluding hydrogens is 502 g/mol. The molecule has 2 fully saturated rings. The molecule has 1 amide bonds. The molecule has 2 N–H and O–H groups in total. The number of hydrogen-bond acceptors (Lipinski definition) is 11. The predicted molar refractivity (Wildman–Crippen MR) is 147 cm³/mol. The number of nitrogens with zero attached hydrogens (tertiary/aromatic N) is 8. The number of likely N-dealkylation sites (N-methyl/N-ethyl adjacent to an activating group) is 1. The lowest BCUT2D eigenvalue weighted by Crippen LogP contribution is -2.47. The quantitative estimate of drug-likeness (QED) is 0.419. The van der Waals surface area contributed by atoms with Gasteiger partial charge in [0, 0.05) is 74.5 Å². The van der Waals surface area contributed by atoms with Crippen LogP contribution in [0.2, 0.25) is 0 Å². The van der Waals surface area contributed by atoms with Crippen molar-refractivity contribution in [2.75, 3.05) is 70.2 Å². The van der Waals surface area contributed by atoms with Crippen LogP contribution in [0.1, 0.15) is 15.9 Å². The van der Waals surface area contributed by atoms with E-state index in [2.05, 4.69) is 38.7 Å². The molecule has 0 atom stereocenters. The van der Waals surface area contributed by atoms with E-state index in [1.54, 1.807) is 29.9 Å². The summed E-state index contributed by atoms with van der Waals surface area (Å²) in [6.07, 6.45) is 6.76. The zero-order valence-electron chi connectivity index (χ0n) is 21.4. The summed E-state index contributed by atoms with van der Waals surface area (Å²) in [6.45, 7) is 8.01. The average Bonchev–Trinajstić information content (AvgIpc) is 3.30. The molecule has 2 aliphatic heterocycles. The number of carbonyl (C=O) groups is 1. The molecule has 4 aromatic heterocycles. The van der Waals surface area contributed by atoms with Crippen LogP contribution in [0.3, 0.4) is 0 Å². The number of piperazine rings is 1. The Labute approximate surface area is 224 Å². The maximum absolute atomic E-state index is 13.2. The summed E-state index contributed by atoms with van der Waals surface area (Å²) >= 11 is 1.63. The zero-order valence-corrected chi connectivity index (χ0v) is 22.2. The molecular formula is C26H29N9O2S. The molecule has 4 aromatic rings. The van der Waals surface area contributed by atoms with Crippen molar-refractivity contribution in [2.45, 2.75) is 6.92 Å². The molecule has 38 heavy (non-hydrogen) atoms. The van der Waals surface area contributed by atoms with Gasteiger partial charge in [-0.15, -0.1) is 11.3 Å². The van der Waals surface area contributed by atoms with Crippen molar-refractivity contribution in [3.05, 3.63) is 42.0 Å². The van der Waals surface area contributed by atoms with E-state index in [4.69, 9.17) is 20.4 Å². The minimum atomic E-state index is 0.0191. The largest absolute Gasteiger partial charge is 0.378 e. The number of pyridine rings is 1. The molecule has 6 rings (SSSR count). The number of nitrogen functional groups attached to an aromatic ring is 1. The monoisotopic (exact) mass is 531 g/mol. The molecule has 2 saturated heterocycles. The van der Waals surface area contributed by atoms with Crippen LogP contribution in [0.5, 0.6) is 0 Å². The topological polar surface area (TPSA) is 126 Å². The van der Waals surface area contributed by atoms with Gasteiger partial charge in [0.25, 0.3) is 5.91 Å². The summed E-state index contributed by atoms with van der Waals surface area (Å²) in [5, 5.41) is 0. The maximum atomic E-state index is 13.2. The Morgan fingerprint density at radius 1 is 0.974 bits per heavy atom. The second kappa shape index (κ2) is 10.2. The summed E-state index contributed by atoms with van der Waals surface area (Å²) in [4.78, 5) is 43.2. The first-order valence-corrected chi connectivity index (χ1v) is 13.4. The molecule has 2 aliphatic rings. The van der Waals surface area contributed by atoms with Crippen LogP contribution in [0.25, 0.3) is 32.0 Å². The van der Waals surface area contributed by atoms with Crippen molar-refractivity contribution in [2.24, 2.45) is 0 Å². The van der Waals surface area contributed by atoms with Crippen LogP contribution in [-0.4, -0.2) is 100 Å². The summed E-state index contributed by atoms with van der Waals surface area (Å²) in [6, 6.07) is 1.95. The lowest BCUT2D eigenvalue weighted by Gasteiger charge is -2.32. The van der Waals surface area contributed by atoms with Crippen LogP contribution in [0.15, 0.2) is 30.9 Å². The summed E-state index contributed by atoms with van der Waals surface area (Å²) in [5.41, 5.74) is 9.78. The Kier molecular flexibility index (Phi) is 6.60. The predicted octanol–water partition coefficient (Wildman–Crippen LogP) is 2.33. The Morgan fingerprint density at radius 3 is 2.45 bits per heavy atom. The maximum Gasteiger partial charge on any atom is 0.255 e. The second-order valence-corrected chi connectivity index (χ2v) is 10.6. The first-order chi connectivity index (χ1) is 18.5. The van der Waals surface area contributed by atoms with E-state index < -0.39 is 0 Å².